The van der Waals surface area contributed by atoms with Crippen LogP contribution in [0.15, 0.2) is 24.4 Å². The van der Waals surface area contributed by atoms with E-state index < -0.39 is 23.5 Å². The summed E-state index contributed by atoms with van der Waals surface area (Å²) in [4.78, 5) is 3.94. The second-order valence-corrected chi connectivity index (χ2v) is 4.93. The molecule has 0 aliphatic carbocycles. The molecule has 0 aliphatic heterocycles. The van der Waals surface area contributed by atoms with Gasteiger partial charge in [0.05, 0.1) is 0 Å². The Hall–Kier alpha value is -1.60. The number of benzene rings is 1. The number of pyridine rings is 1. The Morgan fingerprint density at radius 1 is 1.12 bits per heavy atom. The predicted octanol–water partition coefficient (Wildman–Crippen LogP) is 5.04. The zero-order valence-corrected chi connectivity index (χ0v) is 14.4. The van der Waals surface area contributed by atoms with E-state index in [-0.39, 0.29) is 49.1 Å². The Balaban J connectivity index is 0.00000208. The summed E-state index contributed by atoms with van der Waals surface area (Å²) in [7, 11) is 0. The average Bonchev–Trinajstić information content (AvgIpc) is 2.78. The Morgan fingerprint density at radius 3 is 2.33 bits per heavy atom. The van der Waals surface area contributed by atoms with Gasteiger partial charge in [-0.05, 0) is 35.7 Å². The summed E-state index contributed by atoms with van der Waals surface area (Å²) in [6.45, 7) is 1.78. The van der Waals surface area contributed by atoms with Crippen molar-refractivity contribution < 1.29 is 46.4 Å². The zero-order valence-electron chi connectivity index (χ0n) is 12.0. The molecule has 0 fully saturated rings. The number of hydrogen-bond acceptors (Lipinski definition) is 1. The van der Waals surface area contributed by atoms with Crippen molar-refractivity contribution in [2.45, 2.75) is 25.8 Å². The van der Waals surface area contributed by atoms with E-state index in [1.54, 1.807) is 6.92 Å². The maximum atomic E-state index is 13.3. The summed E-state index contributed by atoms with van der Waals surface area (Å²) in [5.74, 6) is 0. The third-order valence-electron chi connectivity index (χ3n) is 3.55. The number of hydrogen-bond donors (Lipinski definition) is 0. The molecular formula is C15H9F6IrN2-. The van der Waals surface area contributed by atoms with Crippen molar-refractivity contribution >= 4 is 21.9 Å². The van der Waals surface area contributed by atoms with Crippen LogP contribution in [0, 0.1) is 6.07 Å². The molecule has 24 heavy (non-hydrogen) atoms. The van der Waals surface area contributed by atoms with Crippen molar-refractivity contribution in [3.8, 4) is 0 Å². The van der Waals surface area contributed by atoms with Gasteiger partial charge in [0.1, 0.15) is 0 Å². The fraction of sp³-hybridized carbons (Fsp3) is 0.267. The van der Waals surface area contributed by atoms with Gasteiger partial charge in [-0.25, -0.2) is 0 Å². The van der Waals surface area contributed by atoms with Crippen LogP contribution in [0.5, 0.6) is 0 Å². The SMILES string of the molecule is CCn1c2cccnc2c2[c-]c(C(F)(F)F)cc(C(F)(F)F)c21.[Ir]. The zero-order chi connectivity index (χ0) is 17.0. The van der Waals surface area contributed by atoms with Gasteiger partial charge in [-0.2, -0.15) is 26.3 Å². The van der Waals surface area contributed by atoms with E-state index in [1.165, 1.54) is 22.9 Å². The van der Waals surface area contributed by atoms with Crippen LogP contribution in [0.2, 0.25) is 0 Å². The van der Waals surface area contributed by atoms with Gasteiger partial charge in [0, 0.05) is 43.9 Å². The molecule has 9 heteroatoms. The molecule has 0 N–H and O–H groups in total. The first kappa shape index (κ1) is 18.7. The fourth-order valence-electron chi connectivity index (χ4n) is 2.65. The molecule has 1 aromatic carbocycles. The monoisotopic (exact) mass is 524 g/mol. The first-order valence-corrected chi connectivity index (χ1v) is 6.62. The van der Waals surface area contributed by atoms with Gasteiger partial charge >= 0.3 is 12.4 Å². The van der Waals surface area contributed by atoms with Gasteiger partial charge in [0.2, 0.25) is 0 Å². The Morgan fingerprint density at radius 2 is 1.79 bits per heavy atom. The van der Waals surface area contributed by atoms with E-state index in [9.17, 15) is 26.3 Å². The van der Waals surface area contributed by atoms with E-state index in [0.29, 0.717) is 5.52 Å². The van der Waals surface area contributed by atoms with Crippen LogP contribution in [-0.2, 0) is 39.0 Å². The van der Waals surface area contributed by atoms with E-state index in [1.807, 2.05) is 0 Å². The van der Waals surface area contributed by atoms with Gasteiger partial charge in [-0.3, -0.25) is 0 Å². The Labute approximate surface area is 145 Å². The number of aromatic nitrogens is 2. The van der Waals surface area contributed by atoms with Gasteiger partial charge < -0.3 is 9.55 Å². The van der Waals surface area contributed by atoms with Crippen LogP contribution in [0.3, 0.4) is 0 Å². The molecular weight excluding hydrogens is 514 g/mol. The molecule has 0 aliphatic rings. The first-order valence-electron chi connectivity index (χ1n) is 6.62. The maximum absolute atomic E-state index is 13.3. The minimum absolute atomic E-state index is 0. The molecule has 0 amide bonds. The summed E-state index contributed by atoms with van der Waals surface area (Å²) in [5.41, 5.74) is -2.72. The fourth-order valence-corrected chi connectivity index (χ4v) is 2.65. The Kier molecular flexibility index (Phi) is 4.71. The Bertz CT molecular complexity index is 895. The molecule has 0 spiro atoms. The van der Waals surface area contributed by atoms with Crippen LogP contribution < -0.4 is 0 Å². The number of nitrogens with zero attached hydrogens (tertiary/aromatic N) is 2. The third-order valence-corrected chi connectivity index (χ3v) is 3.55. The number of aryl methyl sites for hydroxylation is 1. The molecule has 0 atom stereocenters. The van der Waals surface area contributed by atoms with Crippen molar-refractivity contribution in [1.29, 1.82) is 0 Å². The predicted molar refractivity (Wildman–Crippen MR) is 71.8 cm³/mol. The number of rotatable bonds is 1. The second-order valence-electron chi connectivity index (χ2n) is 4.93. The number of fused-ring (bicyclic) bond motifs is 3. The van der Waals surface area contributed by atoms with Crippen LogP contribution >= 0.6 is 0 Å². The standard InChI is InChI=1S/C15H9F6N2.Ir/c1-2-23-11-4-3-5-22-12(11)9-6-8(14(16,17)18)7-10(13(9)23)15(19,20)21;/h3-5,7H,2H2,1H3;/q-1;. The molecule has 2 nitrogen and oxygen atoms in total. The summed E-state index contributed by atoms with van der Waals surface area (Å²) >= 11 is 0. The van der Waals surface area contributed by atoms with Crippen molar-refractivity contribution in [3.05, 3.63) is 41.6 Å². The maximum Gasteiger partial charge on any atom is 0.401 e. The van der Waals surface area contributed by atoms with Crippen LogP contribution in [0.1, 0.15) is 18.1 Å². The average molecular weight is 523 g/mol. The van der Waals surface area contributed by atoms with Gasteiger partial charge in [-0.15, -0.1) is 12.1 Å². The summed E-state index contributed by atoms with van der Waals surface area (Å²) in [5, 5.41) is -0.274. The molecule has 1 radical (unpaired) electrons. The molecule has 0 unspecified atom stereocenters. The number of alkyl halides is 6. The topological polar surface area (TPSA) is 17.8 Å². The minimum Gasteiger partial charge on any atom is -0.387 e. The quantitative estimate of drug-likeness (QED) is 0.323. The smallest absolute Gasteiger partial charge is 0.387 e. The third kappa shape index (κ3) is 2.91. The summed E-state index contributed by atoms with van der Waals surface area (Å²) in [6.07, 6.45) is -8.53. The van der Waals surface area contributed by atoms with Crippen molar-refractivity contribution in [2.24, 2.45) is 0 Å². The van der Waals surface area contributed by atoms with Crippen molar-refractivity contribution in [1.82, 2.24) is 9.55 Å². The molecule has 0 saturated heterocycles. The van der Waals surface area contributed by atoms with E-state index in [4.69, 9.17) is 0 Å². The van der Waals surface area contributed by atoms with Crippen LogP contribution in [0.4, 0.5) is 26.3 Å². The second kappa shape index (κ2) is 6.04. The first-order chi connectivity index (χ1) is 10.6. The molecule has 3 rings (SSSR count). The number of halogens is 6. The summed E-state index contributed by atoms with van der Waals surface area (Å²) < 4.78 is 80.1. The van der Waals surface area contributed by atoms with Crippen molar-refractivity contribution in [3.63, 3.8) is 0 Å². The van der Waals surface area contributed by atoms with Gasteiger partial charge in [0.15, 0.2) is 0 Å². The normalized spacial score (nSPS) is 12.6. The van der Waals surface area contributed by atoms with E-state index in [0.717, 1.165) is 0 Å². The van der Waals surface area contributed by atoms with E-state index >= 15 is 0 Å². The van der Waals surface area contributed by atoms with E-state index in [2.05, 4.69) is 11.1 Å². The van der Waals surface area contributed by atoms with Crippen LogP contribution in [0.25, 0.3) is 21.9 Å². The molecule has 131 valence electrons. The minimum atomic E-state index is -4.93. The van der Waals surface area contributed by atoms with Gasteiger partial charge in [-0.1, -0.05) is 5.39 Å². The summed E-state index contributed by atoms with van der Waals surface area (Å²) in [6, 6.07) is 5.21. The largest absolute Gasteiger partial charge is 0.401 e. The molecule has 2 heterocycles. The molecule has 0 saturated carbocycles. The molecule has 3 aromatic rings. The van der Waals surface area contributed by atoms with Crippen LogP contribution in [-0.4, -0.2) is 9.55 Å². The molecule has 0 bridgehead atoms. The van der Waals surface area contributed by atoms with Crippen molar-refractivity contribution in [2.75, 3.05) is 0 Å². The molecule has 2 aromatic heterocycles. The van der Waals surface area contributed by atoms with Gasteiger partial charge in [0.25, 0.3) is 0 Å².